The number of ether oxygens (including phenoxy) is 2. The average molecular weight is 275 g/mol. The number of morpholine rings is 1. The lowest BCUT2D eigenvalue weighted by Crippen LogP contribution is -2.54. The first-order chi connectivity index (χ1) is 9.55. The van der Waals surface area contributed by atoms with Crippen molar-refractivity contribution in [2.45, 2.75) is 38.4 Å². The summed E-state index contributed by atoms with van der Waals surface area (Å²) in [5.74, 6) is 0.945. The molecule has 108 valence electrons. The Hall–Kier alpha value is -1.55. The minimum absolute atomic E-state index is 0.0934. The lowest BCUT2D eigenvalue weighted by molar-refractivity contribution is -0.153. The Labute approximate surface area is 119 Å². The van der Waals surface area contributed by atoms with Crippen LogP contribution in [-0.4, -0.2) is 42.2 Å². The quantitative estimate of drug-likeness (QED) is 0.787. The molecule has 1 amide bonds. The lowest BCUT2D eigenvalue weighted by Gasteiger charge is -2.40. The molecule has 4 heteroatoms. The monoisotopic (exact) mass is 275 g/mol. The van der Waals surface area contributed by atoms with Crippen molar-refractivity contribution in [1.82, 2.24) is 4.90 Å². The average Bonchev–Trinajstić information content (AvgIpc) is 2.45. The van der Waals surface area contributed by atoms with Gasteiger partial charge in [-0.1, -0.05) is 18.2 Å². The van der Waals surface area contributed by atoms with Gasteiger partial charge in [-0.3, -0.25) is 4.79 Å². The van der Waals surface area contributed by atoms with Gasteiger partial charge in [-0.05, 0) is 38.3 Å². The van der Waals surface area contributed by atoms with Crippen LogP contribution in [0.15, 0.2) is 24.3 Å². The summed E-state index contributed by atoms with van der Waals surface area (Å²) in [4.78, 5) is 14.5. The summed E-state index contributed by atoms with van der Waals surface area (Å²) >= 11 is 0. The second-order valence-electron chi connectivity index (χ2n) is 6.12. The van der Waals surface area contributed by atoms with E-state index >= 15 is 0 Å². The summed E-state index contributed by atoms with van der Waals surface area (Å²) in [7, 11) is 0. The van der Waals surface area contributed by atoms with Crippen molar-refractivity contribution >= 4 is 5.91 Å². The standard InChI is InChI=1S/C16H21NO3/c1-16(2)11-17(9-10-19-16)15(18)14-8-7-12-5-3-4-6-13(12)20-14/h3-6,14H,7-11H2,1-2H3/t14-/m1/s1. The molecular weight excluding hydrogens is 254 g/mol. The molecule has 0 N–H and O–H groups in total. The number of amides is 1. The summed E-state index contributed by atoms with van der Waals surface area (Å²) in [6, 6.07) is 7.96. The van der Waals surface area contributed by atoms with Crippen LogP contribution in [0.1, 0.15) is 25.8 Å². The first-order valence-electron chi connectivity index (χ1n) is 7.22. The van der Waals surface area contributed by atoms with E-state index < -0.39 is 0 Å². The van der Waals surface area contributed by atoms with E-state index in [-0.39, 0.29) is 17.6 Å². The second kappa shape index (κ2) is 5.09. The van der Waals surface area contributed by atoms with E-state index in [2.05, 4.69) is 6.07 Å². The Morgan fingerprint density at radius 1 is 1.35 bits per heavy atom. The zero-order valence-electron chi connectivity index (χ0n) is 12.1. The summed E-state index contributed by atoms with van der Waals surface area (Å²) in [6.45, 7) is 5.92. The molecule has 1 aromatic carbocycles. The summed E-state index contributed by atoms with van der Waals surface area (Å²) in [6.07, 6.45) is 1.31. The molecular formula is C16H21NO3. The van der Waals surface area contributed by atoms with E-state index in [0.717, 1.165) is 18.6 Å². The third-order valence-electron chi connectivity index (χ3n) is 3.93. The van der Waals surface area contributed by atoms with Gasteiger partial charge in [-0.15, -0.1) is 0 Å². The second-order valence-corrected chi connectivity index (χ2v) is 6.12. The molecule has 0 unspecified atom stereocenters. The van der Waals surface area contributed by atoms with Crippen LogP contribution in [-0.2, 0) is 16.0 Å². The molecule has 0 bridgehead atoms. The van der Waals surface area contributed by atoms with Gasteiger partial charge in [0, 0.05) is 13.1 Å². The van der Waals surface area contributed by atoms with E-state index in [9.17, 15) is 4.79 Å². The minimum atomic E-state index is -0.348. The first kappa shape index (κ1) is 13.4. The Bertz CT molecular complexity index is 512. The molecule has 1 atom stereocenters. The summed E-state index contributed by atoms with van der Waals surface area (Å²) in [5.41, 5.74) is 0.930. The molecule has 1 aromatic rings. The smallest absolute Gasteiger partial charge is 0.263 e. The summed E-state index contributed by atoms with van der Waals surface area (Å²) in [5, 5.41) is 0. The van der Waals surface area contributed by atoms with Crippen LogP contribution in [0.3, 0.4) is 0 Å². The van der Waals surface area contributed by atoms with Crippen molar-refractivity contribution in [2.24, 2.45) is 0 Å². The maximum absolute atomic E-state index is 12.6. The predicted molar refractivity (Wildman–Crippen MR) is 75.8 cm³/mol. The highest BCUT2D eigenvalue weighted by Crippen LogP contribution is 2.28. The maximum Gasteiger partial charge on any atom is 0.263 e. The number of carbonyl (C=O) groups excluding carboxylic acids is 1. The van der Waals surface area contributed by atoms with Crippen LogP contribution in [0.2, 0.25) is 0 Å². The Morgan fingerprint density at radius 3 is 2.95 bits per heavy atom. The van der Waals surface area contributed by atoms with Crippen LogP contribution < -0.4 is 4.74 Å². The van der Waals surface area contributed by atoms with E-state index in [4.69, 9.17) is 9.47 Å². The molecule has 0 aliphatic carbocycles. The number of rotatable bonds is 1. The van der Waals surface area contributed by atoms with Gasteiger partial charge in [-0.25, -0.2) is 0 Å². The molecule has 3 rings (SSSR count). The van der Waals surface area contributed by atoms with Crippen molar-refractivity contribution in [3.63, 3.8) is 0 Å². The van der Waals surface area contributed by atoms with Gasteiger partial charge in [-0.2, -0.15) is 0 Å². The number of nitrogens with zero attached hydrogens (tertiary/aromatic N) is 1. The first-order valence-corrected chi connectivity index (χ1v) is 7.22. The highest BCUT2D eigenvalue weighted by Gasteiger charge is 2.35. The van der Waals surface area contributed by atoms with Gasteiger partial charge in [0.05, 0.1) is 12.2 Å². The molecule has 1 saturated heterocycles. The fourth-order valence-corrected chi connectivity index (χ4v) is 2.91. The molecule has 0 saturated carbocycles. The fourth-order valence-electron chi connectivity index (χ4n) is 2.91. The number of hydrogen-bond acceptors (Lipinski definition) is 3. The zero-order chi connectivity index (χ0) is 14.2. The number of para-hydroxylation sites is 1. The van der Waals surface area contributed by atoms with Gasteiger partial charge < -0.3 is 14.4 Å². The van der Waals surface area contributed by atoms with Crippen LogP contribution >= 0.6 is 0 Å². The predicted octanol–water partition coefficient (Wildman–Crippen LogP) is 2.02. The third kappa shape index (κ3) is 2.66. The van der Waals surface area contributed by atoms with E-state index in [1.807, 2.05) is 36.9 Å². The fraction of sp³-hybridized carbons (Fsp3) is 0.562. The van der Waals surface area contributed by atoms with E-state index in [1.165, 1.54) is 5.56 Å². The highest BCUT2D eigenvalue weighted by atomic mass is 16.5. The van der Waals surface area contributed by atoms with Gasteiger partial charge in [0.25, 0.3) is 5.91 Å². The molecule has 4 nitrogen and oxygen atoms in total. The molecule has 2 aliphatic heterocycles. The number of fused-ring (bicyclic) bond motifs is 1. The molecule has 0 radical (unpaired) electrons. The van der Waals surface area contributed by atoms with Crippen LogP contribution in [0.25, 0.3) is 0 Å². The highest BCUT2D eigenvalue weighted by molar-refractivity contribution is 5.82. The number of benzene rings is 1. The van der Waals surface area contributed by atoms with E-state index in [0.29, 0.717) is 19.7 Å². The van der Waals surface area contributed by atoms with Crippen molar-refractivity contribution in [1.29, 1.82) is 0 Å². The van der Waals surface area contributed by atoms with Crippen LogP contribution in [0.4, 0.5) is 0 Å². The summed E-state index contributed by atoms with van der Waals surface area (Å²) < 4.78 is 11.5. The van der Waals surface area contributed by atoms with Gasteiger partial charge in [0.1, 0.15) is 5.75 Å². The molecule has 0 aromatic heterocycles. The van der Waals surface area contributed by atoms with E-state index in [1.54, 1.807) is 0 Å². The van der Waals surface area contributed by atoms with Crippen LogP contribution in [0, 0.1) is 0 Å². The largest absolute Gasteiger partial charge is 0.480 e. The minimum Gasteiger partial charge on any atom is -0.480 e. The van der Waals surface area contributed by atoms with Crippen molar-refractivity contribution in [3.05, 3.63) is 29.8 Å². The SMILES string of the molecule is CC1(C)CN(C(=O)[C@H]2CCc3ccccc3O2)CCO1. The lowest BCUT2D eigenvalue weighted by atomic mass is 10.0. The molecule has 20 heavy (non-hydrogen) atoms. The normalized spacial score (nSPS) is 24.7. The Balaban J connectivity index is 1.70. The van der Waals surface area contributed by atoms with Gasteiger partial charge >= 0.3 is 0 Å². The number of carbonyl (C=O) groups is 1. The molecule has 2 aliphatic rings. The van der Waals surface area contributed by atoms with Gasteiger partial charge in [0.2, 0.25) is 0 Å². The third-order valence-corrected chi connectivity index (χ3v) is 3.93. The van der Waals surface area contributed by atoms with Crippen molar-refractivity contribution in [3.8, 4) is 5.75 Å². The number of hydrogen-bond donors (Lipinski definition) is 0. The zero-order valence-corrected chi connectivity index (χ0v) is 12.1. The maximum atomic E-state index is 12.6. The Morgan fingerprint density at radius 2 is 2.15 bits per heavy atom. The Kier molecular flexibility index (Phi) is 3.42. The van der Waals surface area contributed by atoms with Crippen molar-refractivity contribution in [2.75, 3.05) is 19.7 Å². The van der Waals surface area contributed by atoms with Crippen molar-refractivity contribution < 1.29 is 14.3 Å². The molecule has 1 fully saturated rings. The molecule has 2 heterocycles. The van der Waals surface area contributed by atoms with Gasteiger partial charge in [0.15, 0.2) is 6.10 Å². The topological polar surface area (TPSA) is 38.8 Å². The van der Waals surface area contributed by atoms with Crippen LogP contribution in [0.5, 0.6) is 5.75 Å². The number of aryl methyl sites for hydroxylation is 1. The molecule has 0 spiro atoms.